The first kappa shape index (κ1) is 16.5. The number of benzene rings is 1. The number of piperazine rings is 1. The predicted molar refractivity (Wildman–Crippen MR) is 88.7 cm³/mol. The molecule has 0 radical (unpaired) electrons. The van der Waals surface area contributed by atoms with Crippen LogP contribution in [0.2, 0.25) is 0 Å². The molecule has 0 bridgehead atoms. The zero-order valence-electron chi connectivity index (χ0n) is 13.6. The molecule has 3 nitrogen and oxygen atoms in total. The lowest BCUT2D eigenvalue weighted by Crippen LogP contribution is -2.50. The first-order chi connectivity index (χ1) is 10.3. The van der Waals surface area contributed by atoms with Crippen molar-refractivity contribution in [2.75, 3.05) is 45.9 Å². The van der Waals surface area contributed by atoms with Gasteiger partial charge in [0, 0.05) is 45.4 Å². The first-order valence-corrected chi connectivity index (χ1v) is 8.37. The van der Waals surface area contributed by atoms with Crippen molar-refractivity contribution in [1.29, 1.82) is 0 Å². The molecule has 1 atom stereocenters. The number of nitrogens with zero attached hydrogens (tertiary/aromatic N) is 2. The van der Waals surface area contributed by atoms with Gasteiger partial charge in [0.1, 0.15) is 0 Å². The minimum absolute atomic E-state index is 0.680. The van der Waals surface area contributed by atoms with Gasteiger partial charge in [0.25, 0.3) is 0 Å². The molecule has 1 unspecified atom stereocenters. The van der Waals surface area contributed by atoms with E-state index in [9.17, 15) is 0 Å². The van der Waals surface area contributed by atoms with Gasteiger partial charge >= 0.3 is 0 Å². The van der Waals surface area contributed by atoms with Crippen LogP contribution < -0.4 is 0 Å². The predicted octanol–water partition coefficient (Wildman–Crippen LogP) is 2.66. The van der Waals surface area contributed by atoms with E-state index in [1.54, 1.807) is 0 Å². The number of aryl methyl sites for hydroxylation is 1. The van der Waals surface area contributed by atoms with Gasteiger partial charge in [-0.2, -0.15) is 0 Å². The molecule has 118 valence electrons. The van der Waals surface area contributed by atoms with Gasteiger partial charge in [0.05, 0.1) is 6.61 Å². The van der Waals surface area contributed by atoms with Gasteiger partial charge in [-0.25, -0.2) is 0 Å². The van der Waals surface area contributed by atoms with Crippen molar-refractivity contribution in [2.45, 2.75) is 32.7 Å². The second kappa shape index (κ2) is 9.19. The Labute approximate surface area is 129 Å². The summed E-state index contributed by atoms with van der Waals surface area (Å²) in [6.45, 7) is 12.0. The Kier molecular flexibility index (Phi) is 7.20. The second-order valence-electron chi connectivity index (χ2n) is 5.95. The average Bonchev–Trinajstić information content (AvgIpc) is 2.54. The fraction of sp³-hybridized carbons (Fsp3) is 0.667. The molecule has 1 aromatic rings. The normalized spacial score (nSPS) is 18.8. The van der Waals surface area contributed by atoms with Crippen LogP contribution in [0.4, 0.5) is 0 Å². The fourth-order valence-corrected chi connectivity index (χ4v) is 2.97. The highest BCUT2D eigenvalue weighted by Gasteiger charge is 2.20. The van der Waals surface area contributed by atoms with E-state index in [1.807, 2.05) is 0 Å². The minimum atomic E-state index is 0.680. The summed E-state index contributed by atoms with van der Waals surface area (Å²) in [6.07, 6.45) is 2.44. The Balaban J connectivity index is 1.64. The molecule has 1 aliphatic heterocycles. The SMILES string of the molecule is CCOCCN1CCN(C(C)CCc2ccccc2)CC1. The van der Waals surface area contributed by atoms with Gasteiger partial charge in [-0.3, -0.25) is 9.80 Å². The monoisotopic (exact) mass is 290 g/mol. The van der Waals surface area contributed by atoms with Crippen LogP contribution in [-0.4, -0.2) is 61.8 Å². The summed E-state index contributed by atoms with van der Waals surface area (Å²) in [6, 6.07) is 11.5. The molecule has 1 heterocycles. The van der Waals surface area contributed by atoms with Crippen molar-refractivity contribution in [3.8, 4) is 0 Å². The summed E-state index contributed by atoms with van der Waals surface area (Å²) in [4.78, 5) is 5.16. The third-order valence-corrected chi connectivity index (χ3v) is 4.48. The third kappa shape index (κ3) is 5.77. The Morgan fingerprint density at radius 2 is 1.81 bits per heavy atom. The van der Waals surface area contributed by atoms with Crippen LogP contribution in [-0.2, 0) is 11.2 Å². The summed E-state index contributed by atoms with van der Waals surface area (Å²) in [5, 5.41) is 0. The fourth-order valence-electron chi connectivity index (χ4n) is 2.97. The summed E-state index contributed by atoms with van der Waals surface area (Å²) in [5.41, 5.74) is 1.46. The quantitative estimate of drug-likeness (QED) is 0.685. The lowest BCUT2D eigenvalue weighted by atomic mass is 10.0. The molecule has 1 saturated heterocycles. The van der Waals surface area contributed by atoms with E-state index in [0.717, 1.165) is 19.8 Å². The lowest BCUT2D eigenvalue weighted by Gasteiger charge is -2.38. The highest BCUT2D eigenvalue weighted by atomic mass is 16.5. The molecular weight excluding hydrogens is 260 g/mol. The van der Waals surface area contributed by atoms with E-state index < -0.39 is 0 Å². The molecule has 2 rings (SSSR count). The van der Waals surface area contributed by atoms with E-state index >= 15 is 0 Å². The van der Waals surface area contributed by atoms with Gasteiger partial charge in [-0.1, -0.05) is 30.3 Å². The maximum absolute atomic E-state index is 5.44. The van der Waals surface area contributed by atoms with Crippen molar-refractivity contribution < 1.29 is 4.74 Å². The van der Waals surface area contributed by atoms with E-state index in [-0.39, 0.29) is 0 Å². The Morgan fingerprint density at radius 1 is 1.10 bits per heavy atom. The molecule has 0 aromatic heterocycles. The minimum Gasteiger partial charge on any atom is -0.380 e. The Hall–Kier alpha value is -0.900. The van der Waals surface area contributed by atoms with Gasteiger partial charge in [-0.15, -0.1) is 0 Å². The van der Waals surface area contributed by atoms with Crippen LogP contribution in [0.1, 0.15) is 25.8 Å². The molecule has 21 heavy (non-hydrogen) atoms. The van der Waals surface area contributed by atoms with Crippen molar-refractivity contribution >= 4 is 0 Å². The molecular formula is C18H30N2O. The van der Waals surface area contributed by atoms with Crippen LogP contribution in [0.25, 0.3) is 0 Å². The maximum Gasteiger partial charge on any atom is 0.0593 e. The summed E-state index contributed by atoms with van der Waals surface area (Å²) < 4.78 is 5.44. The summed E-state index contributed by atoms with van der Waals surface area (Å²) >= 11 is 0. The first-order valence-electron chi connectivity index (χ1n) is 8.37. The molecule has 0 aliphatic carbocycles. The summed E-state index contributed by atoms with van der Waals surface area (Å²) in [5.74, 6) is 0. The van der Waals surface area contributed by atoms with Gasteiger partial charge in [0.2, 0.25) is 0 Å². The molecule has 0 spiro atoms. The van der Waals surface area contributed by atoms with Crippen molar-refractivity contribution in [3.05, 3.63) is 35.9 Å². The van der Waals surface area contributed by atoms with Crippen molar-refractivity contribution in [3.63, 3.8) is 0 Å². The molecule has 0 amide bonds. The zero-order chi connectivity index (χ0) is 14.9. The largest absolute Gasteiger partial charge is 0.380 e. The van der Waals surface area contributed by atoms with Crippen LogP contribution >= 0.6 is 0 Å². The standard InChI is InChI=1S/C18H30N2O/c1-3-21-16-15-19-11-13-20(14-12-19)17(2)9-10-18-7-5-4-6-8-18/h4-8,17H,3,9-16H2,1-2H3. The molecule has 1 aliphatic rings. The van der Waals surface area contributed by atoms with E-state index in [1.165, 1.54) is 44.6 Å². The molecule has 0 N–H and O–H groups in total. The van der Waals surface area contributed by atoms with Crippen LogP contribution in [0.5, 0.6) is 0 Å². The van der Waals surface area contributed by atoms with Crippen LogP contribution in [0.15, 0.2) is 30.3 Å². The van der Waals surface area contributed by atoms with Gasteiger partial charge < -0.3 is 4.74 Å². The maximum atomic E-state index is 5.44. The number of rotatable bonds is 8. The molecule has 1 fully saturated rings. The van der Waals surface area contributed by atoms with Gasteiger partial charge in [-0.05, 0) is 32.3 Å². The van der Waals surface area contributed by atoms with Crippen molar-refractivity contribution in [1.82, 2.24) is 9.80 Å². The van der Waals surface area contributed by atoms with E-state index in [4.69, 9.17) is 4.74 Å². The Morgan fingerprint density at radius 3 is 2.48 bits per heavy atom. The van der Waals surface area contributed by atoms with Crippen LogP contribution in [0, 0.1) is 0 Å². The highest BCUT2D eigenvalue weighted by molar-refractivity contribution is 5.14. The number of hydrogen-bond donors (Lipinski definition) is 0. The van der Waals surface area contributed by atoms with E-state index in [2.05, 4.69) is 54.0 Å². The summed E-state index contributed by atoms with van der Waals surface area (Å²) in [7, 11) is 0. The van der Waals surface area contributed by atoms with Gasteiger partial charge in [0.15, 0.2) is 0 Å². The third-order valence-electron chi connectivity index (χ3n) is 4.48. The Bertz CT molecular complexity index is 374. The van der Waals surface area contributed by atoms with Crippen molar-refractivity contribution in [2.24, 2.45) is 0 Å². The number of ether oxygens (including phenoxy) is 1. The van der Waals surface area contributed by atoms with E-state index in [0.29, 0.717) is 6.04 Å². The molecule has 1 aromatic carbocycles. The van der Waals surface area contributed by atoms with Crippen LogP contribution in [0.3, 0.4) is 0 Å². The smallest absolute Gasteiger partial charge is 0.0593 e. The highest BCUT2D eigenvalue weighted by Crippen LogP contribution is 2.12. The zero-order valence-corrected chi connectivity index (χ0v) is 13.6. The lowest BCUT2D eigenvalue weighted by molar-refractivity contribution is 0.0661. The molecule has 3 heteroatoms. The topological polar surface area (TPSA) is 15.7 Å². The number of hydrogen-bond acceptors (Lipinski definition) is 3. The average molecular weight is 290 g/mol. The molecule has 0 saturated carbocycles. The second-order valence-corrected chi connectivity index (χ2v) is 5.95.